The normalized spacial score (nSPS) is 12.4. The molecular weight excluding hydrogens is 783 g/mol. The number of anilines is 1. The van der Waals surface area contributed by atoms with E-state index in [1.165, 1.54) is 57.3 Å². The van der Waals surface area contributed by atoms with E-state index >= 15 is 0 Å². The molecule has 0 atom stereocenters. The molecule has 64 heavy (non-hydrogen) atoms. The van der Waals surface area contributed by atoms with E-state index in [9.17, 15) is 4.79 Å². The molecule has 6 nitrogen and oxygen atoms in total. The van der Waals surface area contributed by atoms with Gasteiger partial charge in [0.2, 0.25) is 0 Å². The van der Waals surface area contributed by atoms with E-state index in [0.717, 1.165) is 16.1 Å². The van der Waals surface area contributed by atoms with Gasteiger partial charge in [-0.25, -0.2) is 9.98 Å². The van der Waals surface area contributed by atoms with Crippen molar-refractivity contribution in [3.63, 3.8) is 0 Å². The highest BCUT2D eigenvalue weighted by Gasteiger charge is 2.25. The summed E-state index contributed by atoms with van der Waals surface area (Å²) in [5.74, 6) is -0.142. The fourth-order valence-electron chi connectivity index (χ4n) is 7.75. The number of fused-ring (bicyclic) bond motifs is 4. The second-order valence-corrected chi connectivity index (χ2v) is 19.5. The molecule has 0 spiro atoms. The summed E-state index contributed by atoms with van der Waals surface area (Å²) in [5, 5.41) is 3.18. The average Bonchev–Trinajstić information content (AvgIpc) is 4.05. The molecule has 4 aromatic carbocycles. The predicted molar refractivity (Wildman–Crippen MR) is 284 cm³/mol. The number of rotatable bonds is 0. The van der Waals surface area contributed by atoms with Crippen LogP contribution in [0.15, 0.2) is 96.4 Å². The second kappa shape index (κ2) is 24.9. The van der Waals surface area contributed by atoms with Crippen LogP contribution in [0.3, 0.4) is 0 Å². The molecule has 0 N–H and O–H groups in total. The van der Waals surface area contributed by atoms with E-state index in [1.807, 2.05) is 80.9 Å². The maximum Gasteiger partial charge on any atom is 0.270 e. The number of nitrogens with zero attached hydrogens (tertiary/aromatic N) is 5. The van der Waals surface area contributed by atoms with Gasteiger partial charge in [0.15, 0.2) is 0 Å². The summed E-state index contributed by atoms with van der Waals surface area (Å²) in [6.07, 6.45) is 6.83. The number of carbonyl (C=O) groups excluding carboxylic acids is 1. The van der Waals surface area contributed by atoms with Gasteiger partial charge in [-0.15, -0.1) is 0 Å². The molecule has 4 heterocycles. The Morgan fingerprint density at radius 2 is 0.984 bits per heavy atom. The maximum atomic E-state index is 11.2. The number of likely N-dealkylation sites (N-methyl/N-ethyl adjacent to an activating group) is 1. The fourth-order valence-corrected chi connectivity index (χ4v) is 7.75. The molecule has 0 radical (unpaired) electrons. The minimum atomic E-state index is -0.142. The van der Waals surface area contributed by atoms with Crippen molar-refractivity contribution in [3.8, 4) is 0 Å². The number of amides is 1. The third-order valence-electron chi connectivity index (χ3n) is 10.8. The Labute approximate surface area is 390 Å². The van der Waals surface area contributed by atoms with Crippen LogP contribution in [0.5, 0.6) is 0 Å². The number of aromatic nitrogens is 3. The molecule has 0 saturated carbocycles. The molecule has 8 rings (SSSR count). The van der Waals surface area contributed by atoms with Crippen molar-refractivity contribution in [1.29, 1.82) is 0 Å². The van der Waals surface area contributed by atoms with Crippen LogP contribution in [0.25, 0.3) is 28.0 Å². The lowest BCUT2D eigenvalue weighted by atomic mass is 9.83. The SMILES string of the molecule is CC.CC.CC.CC.CC(C)(C)c1cccc2c1=CC(=O)N=2.CN1CCc2c1cccc2C(C)(C)C.Cn1ccc2c(C(C)(C)C)cccc21.Cn1cnc2c(C(C)(C)C)cccc21. The molecular formula is C58H89N5O. The molecule has 2 aliphatic rings. The van der Waals surface area contributed by atoms with E-state index in [2.05, 4.69) is 194 Å². The molecule has 6 aromatic rings. The van der Waals surface area contributed by atoms with Crippen molar-refractivity contribution in [2.75, 3.05) is 18.5 Å². The fraction of sp³-hybridized carbons (Fsp3) is 0.500. The summed E-state index contributed by atoms with van der Waals surface area (Å²) >= 11 is 0. The predicted octanol–water partition coefficient (Wildman–Crippen LogP) is 14.4. The lowest BCUT2D eigenvalue weighted by molar-refractivity contribution is -0.112. The van der Waals surface area contributed by atoms with Gasteiger partial charge in [0, 0.05) is 61.8 Å². The van der Waals surface area contributed by atoms with E-state index in [0.29, 0.717) is 0 Å². The zero-order chi connectivity index (χ0) is 49.4. The number of imidazole rings is 1. The van der Waals surface area contributed by atoms with E-state index in [4.69, 9.17) is 0 Å². The largest absolute Gasteiger partial charge is 0.374 e. The van der Waals surface area contributed by atoms with Crippen molar-refractivity contribution in [2.24, 2.45) is 19.1 Å². The average molecular weight is 872 g/mol. The minimum Gasteiger partial charge on any atom is -0.374 e. The van der Waals surface area contributed by atoms with Crippen molar-refractivity contribution in [3.05, 3.63) is 130 Å². The Balaban J connectivity index is 0.000000405. The summed E-state index contributed by atoms with van der Waals surface area (Å²) in [5.41, 5.74) is 12.8. The van der Waals surface area contributed by atoms with Gasteiger partial charge in [-0.1, -0.05) is 187 Å². The number of benzene rings is 4. The van der Waals surface area contributed by atoms with Gasteiger partial charge in [0.25, 0.3) is 5.91 Å². The molecule has 0 fully saturated rings. The van der Waals surface area contributed by atoms with Crippen LogP contribution in [-0.4, -0.2) is 33.6 Å². The molecule has 0 bridgehead atoms. The highest BCUT2D eigenvalue weighted by molar-refractivity contribution is 6.06. The van der Waals surface area contributed by atoms with Crippen LogP contribution in [0.1, 0.15) is 166 Å². The summed E-state index contributed by atoms with van der Waals surface area (Å²) in [6, 6.07) is 27.7. The van der Waals surface area contributed by atoms with Crippen molar-refractivity contribution in [2.45, 2.75) is 167 Å². The van der Waals surface area contributed by atoms with Crippen molar-refractivity contribution in [1.82, 2.24) is 14.1 Å². The molecule has 2 aromatic heterocycles. The molecule has 2 aliphatic heterocycles. The number of hydrogen-bond acceptors (Lipinski definition) is 3. The summed E-state index contributed by atoms with van der Waals surface area (Å²) in [4.78, 5) is 21.9. The van der Waals surface area contributed by atoms with Gasteiger partial charge in [0.1, 0.15) is 0 Å². The summed E-state index contributed by atoms with van der Waals surface area (Å²) in [6.45, 7) is 43.9. The van der Waals surface area contributed by atoms with Gasteiger partial charge < -0.3 is 14.0 Å². The smallest absolute Gasteiger partial charge is 0.270 e. The Morgan fingerprint density at radius 3 is 1.53 bits per heavy atom. The van der Waals surface area contributed by atoms with Crippen LogP contribution < -0.4 is 15.5 Å². The van der Waals surface area contributed by atoms with Crippen molar-refractivity contribution >= 4 is 39.6 Å². The first-order chi connectivity index (χ1) is 30.0. The Bertz CT molecular complexity index is 2380. The van der Waals surface area contributed by atoms with E-state index in [1.54, 1.807) is 11.6 Å². The van der Waals surface area contributed by atoms with Gasteiger partial charge >= 0.3 is 0 Å². The topological polar surface area (TPSA) is 55.4 Å². The molecule has 0 saturated heterocycles. The monoisotopic (exact) mass is 872 g/mol. The van der Waals surface area contributed by atoms with Gasteiger partial charge in [-0.3, -0.25) is 4.79 Å². The van der Waals surface area contributed by atoms with Gasteiger partial charge in [-0.2, -0.15) is 0 Å². The number of aryl methyl sites for hydroxylation is 2. The van der Waals surface area contributed by atoms with Gasteiger partial charge in [-0.05, 0) is 86.2 Å². The Kier molecular flexibility index (Phi) is 22.2. The Morgan fingerprint density at radius 1 is 0.516 bits per heavy atom. The standard InChI is InChI=1S/C13H19N.C13H17N.C12H16N2.C12H13NO.4C2H6/c2*1-13(2,3)11-6-5-7-12-10(11)8-9-14(12)4;1-12(2,3)9-6-5-7-10-11(9)13-8-14(10)4;1-12(2,3)9-5-4-6-10-8(9)7-11(14)13-10;4*1-2/h5-7H,8-9H2,1-4H3;5-9H,1-4H3;5-8H,1-4H3;4-7H,1-3H3;4*1-2H3. The first-order valence-corrected chi connectivity index (χ1v) is 24.0. The third kappa shape index (κ3) is 14.8. The minimum absolute atomic E-state index is 0.0575. The highest BCUT2D eigenvalue weighted by Crippen LogP contribution is 2.36. The maximum absolute atomic E-state index is 11.2. The number of hydrogen-bond donors (Lipinski definition) is 0. The Hall–Kier alpha value is -4.97. The van der Waals surface area contributed by atoms with Crippen molar-refractivity contribution < 1.29 is 4.79 Å². The highest BCUT2D eigenvalue weighted by atomic mass is 16.1. The zero-order valence-electron chi connectivity index (χ0n) is 44.8. The third-order valence-corrected chi connectivity index (χ3v) is 10.8. The quantitative estimate of drug-likeness (QED) is 0.153. The molecule has 0 aliphatic carbocycles. The number of carbonyl (C=O) groups is 1. The van der Waals surface area contributed by atoms with Crippen LogP contribution in [-0.2, 0) is 47.0 Å². The zero-order valence-corrected chi connectivity index (χ0v) is 44.8. The summed E-state index contributed by atoms with van der Waals surface area (Å²) in [7, 11) is 6.30. The molecule has 6 heteroatoms. The van der Waals surface area contributed by atoms with Crippen LogP contribution in [0.2, 0.25) is 0 Å². The second-order valence-electron chi connectivity index (χ2n) is 19.5. The van der Waals surface area contributed by atoms with Gasteiger partial charge in [0.05, 0.1) is 22.7 Å². The van der Waals surface area contributed by atoms with E-state index in [-0.39, 0.29) is 27.6 Å². The van der Waals surface area contributed by atoms with Crippen LogP contribution in [0, 0.1) is 0 Å². The van der Waals surface area contributed by atoms with E-state index < -0.39 is 0 Å². The first kappa shape index (κ1) is 57.0. The lowest BCUT2D eigenvalue weighted by Crippen LogP contribution is -2.31. The number of para-hydroxylation sites is 1. The summed E-state index contributed by atoms with van der Waals surface area (Å²) < 4.78 is 4.23. The van der Waals surface area contributed by atoms with Crippen LogP contribution >= 0.6 is 0 Å². The first-order valence-electron chi connectivity index (χ1n) is 24.0. The molecule has 352 valence electrons. The molecule has 1 amide bonds. The van der Waals surface area contributed by atoms with Crippen LogP contribution in [0.4, 0.5) is 5.69 Å². The lowest BCUT2D eigenvalue weighted by Gasteiger charge is -2.23. The molecule has 0 unspecified atom stereocenters.